The third-order valence-electron chi connectivity index (χ3n) is 2.99. The Kier molecular flexibility index (Phi) is 6.14. The molecule has 0 heterocycles. The van der Waals surface area contributed by atoms with Crippen molar-refractivity contribution in [2.75, 3.05) is 7.11 Å². The van der Waals surface area contributed by atoms with Gasteiger partial charge in [0.25, 0.3) is 0 Å². The van der Waals surface area contributed by atoms with E-state index in [1.165, 1.54) is 45.6 Å². The van der Waals surface area contributed by atoms with Crippen molar-refractivity contribution >= 4 is 5.97 Å². The summed E-state index contributed by atoms with van der Waals surface area (Å²) in [6, 6.07) is 0. The van der Waals surface area contributed by atoms with Crippen LogP contribution < -0.4 is 0 Å². The van der Waals surface area contributed by atoms with Gasteiger partial charge in [-0.2, -0.15) is 0 Å². The van der Waals surface area contributed by atoms with Crippen LogP contribution in [0.1, 0.15) is 57.8 Å². The summed E-state index contributed by atoms with van der Waals surface area (Å²) in [5.74, 6) is -0.130. The van der Waals surface area contributed by atoms with E-state index in [9.17, 15) is 4.79 Å². The molecule has 1 aliphatic carbocycles. The molecule has 0 aromatic carbocycles. The molecule has 1 rings (SSSR count). The van der Waals surface area contributed by atoms with Crippen molar-refractivity contribution in [3.05, 3.63) is 11.6 Å². The third kappa shape index (κ3) is 5.01. The van der Waals surface area contributed by atoms with Gasteiger partial charge >= 0.3 is 5.97 Å². The van der Waals surface area contributed by atoms with Crippen LogP contribution in [-0.4, -0.2) is 13.1 Å². The van der Waals surface area contributed by atoms with E-state index in [1.54, 1.807) is 0 Å². The first kappa shape index (κ1) is 12.3. The molecule has 0 aromatic rings. The Hall–Kier alpha value is -0.790. The molecule has 0 spiro atoms. The van der Waals surface area contributed by atoms with E-state index in [1.807, 2.05) is 0 Å². The Morgan fingerprint density at radius 1 is 1.07 bits per heavy atom. The minimum atomic E-state index is -0.130. The number of hydrogen-bond acceptors (Lipinski definition) is 2. The summed E-state index contributed by atoms with van der Waals surface area (Å²) in [6.45, 7) is 0. The summed E-state index contributed by atoms with van der Waals surface area (Å²) in [5, 5.41) is 0. The van der Waals surface area contributed by atoms with Crippen LogP contribution in [0.5, 0.6) is 0 Å². The number of hydrogen-bond donors (Lipinski definition) is 0. The molecule has 0 atom stereocenters. The first-order valence-electron chi connectivity index (χ1n) is 6.12. The predicted molar refractivity (Wildman–Crippen MR) is 61.7 cm³/mol. The molecule has 0 N–H and O–H groups in total. The minimum Gasteiger partial charge on any atom is -0.466 e. The molecule has 0 bridgehead atoms. The van der Waals surface area contributed by atoms with E-state index in [0.29, 0.717) is 0 Å². The molecule has 0 aromatic heterocycles. The first-order valence-corrected chi connectivity index (χ1v) is 6.12. The van der Waals surface area contributed by atoms with Gasteiger partial charge in [-0.25, -0.2) is 4.79 Å². The average molecular weight is 210 g/mol. The van der Waals surface area contributed by atoms with Crippen LogP contribution in [0, 0.1) is 0 Å². The van der Waals surface area contributed by atoms with E-state index in [0.717, 1.165) is 24.8 Å². The van der Waals surface area contributed by atoms with Crippen molar-refractivity contribution in [3.8, 4) is 0 Å². The molecule has 0 saturated heterocycles. The van der Waals surface area contributed by atoms with Crippen LogP contribution >= 0.6 is 0 Å². The lowest BCUT2D eigenvalue weighted by molar-refractivity contribution is -0.136. The lowest BCUT2D eigenvalue weighted by atomic mass is 10.1. The molecule has 0 saturated carbocycles. The molecular formula is C13H22O2. The lowest BCUT2D eigenvalue weighted by Crippen LogP contribution is -2.04. The summed E-state index contributed by atoms with van der Waals surface area (Å²) in [5.41, 5.74) is 0.888. The maximum absolute atomic E-state index is 11.4. The van der Waals surface area contributed by atoms with Crippen LogP contribution in [0.4, 0.5) is 0 Å². The largest absolute Gasteiger partial charge is 0.466 e. The zero-order chi connectivity index (χ0) is 10.9. The summed E-state index contributed by atoms with van der Waals surface area (Å²) >= 11 is 0. The van der Waals surface area contributed by atoms with Crippen molar-refractivity contribution < 1.29 is 9.53 Å². The number of ether oxygens (including phenoxy) is 1. The predicted octanol–water partition coefficient (Wildman–Crippen LogP) is 3.61. The third-order valence-corrected chi connectivity index (χ3v) is 2.99. The SMILES string of the molecule is COC(=O)/C1=C\CCCCCCCCC1. The van der Waals surface area contributed by atoms with Crippen LogP contribution in [0.3, 0.4) is 0 Å². The van der Waals surface area contributed by atoms with Gasteiger partial charge in [0.15, 0.2) is 0 Å². The molecule has 0 aliphatic heterocycles. The van der Waals surface area contributed by atoms with Gasteiger partial charge in [-0.05, 0) is 25.7 Å². The fraction of sp³-hybridized carbons (Fsp3) is 0.769. The van der Waals surface area contributed by atoms with Gasteiger partial charge < -0.3 is 4.74 Å². The second-order valence-electron chi connectivity index (χ2n) is 4.23. The van der Waals surface area contributed by atoms with Crippen LogP contribution in [0.25, 0.3) is 0 Å². The number of allylic oxidation sites excluding steroid dienone is 1. The van der Waals surface area contributed by atoms with Gasteiger partial charge in [0, 0.05) is 5.57 Å². The van der Waals surface area contributed by atoms with Gasteiger partial charge in [-0.3, -0.25) is 0 Å². The Morgan fingerprint density at radius 2 is 1.67 bits per heavy atom. The van der Waals surface area contributed by atoms with Gasteiger partial charge in [0.2, 0.25) is 0 Å². The molecular weight excluding hydrogens is 188 g/mol. The smallest absolute Gasteiger partial charge is 0.333 e. The van der Waals surface area contributed by atoms with Crippen LogP contribution in [-0.2, 0) is 9.53 Å². The molecule has 0 unspecified atom stereocenters. The zero-order valence-electron chi connectivity index (χ0n) is 9.76. The van der Waals surface area contributed by atoms with E-state index >= 15 is 0 Å². The number of esters is 1. The molecule has 0 amide bonds. The molecule has 2 heteroatoms. The number of carbonyl (C=O) groups excluding carboxylic acids is 1. The maximum Gasteiger partial charge on any atom is 0.333 e. The summed E-state index contributed by atoms with van der Waals surface area (Å²) in [6.07, 6.45) is 12.9. The highest BCUT2D eigenvalue weighted by Crippen LogP contribution is 2.17. The molecule has 2 nitrogen and oxygen atoms in total. The lowest BCUT2D eigenvalue weighted by Gasteiger charge is -2.04. The quantitative estimate of drug-likeness (QED) is 0.618. The topological polar surface area (TPSA) is 26.3 Å². The van der Waals surface area contributed by atoms with Crippen molar-refractivity contribution in [2.24, 2.45) is 0 Å². The van der Waals surface area contributed by atoms with E-state index in [4.69, 9.17) is 4.74 Å². The second kappa shape index (κ2) is 7.49. The van der Waals surface area contributed by atoms with Gasteiger partial charge in [0.1, 0.15) is 0 Å². The molecule has 15 heavy (non-hydrogen) atoms. The second-order valence-corrected chi connectivity index (χ2v) is 4.23. The van der Waals surface area contributed by atoms with Crippen molar-refractivity contribution in [2.45, 2.75) is 57.8 Å². The highest BCUT2D eigenvalue weighted by Gasteiger charge is 2.09. The van der Waals surface area contributed by atoms with E-state index < -0.39 is 0 Å². The summed E-state index contributed by atoms with van der Waals surface area (Å²) in [7, 11) is 1.47. The molecule has 1 aliphatic rings. The Bertz CT molecular complexity index is 219. The Morgan fingerprint density at radius 3 is 2.33 bits per heavy atom. The van der Waals surface area contributed by atoms with Gasteiger partial charge in [0.05, 0.1) is 7.11 Å². The summed E-state index contributed by atoms with van der Waals surface area (Å²) < 4.78 is 4.78. The standard InChI is InChI=1S/C13H22O2/c1-15-13(14)12-10-8-6-4-2-3-5-7-9-11-12/h10H,2-9,11H2,1H3/b12-10-. The molecule has 0 fully saturated rings. The van der Waals surface area contributed by atoms with Crippen molar-refractivity contribution in [1.82, 2.24) is 0 Å². The Balaban J connectivity index is 2.48. The monoisotopic (exact) mass is 210 g/mol. The highest BCUT2D eigenvalue weighted by atomic mass is 16.5. The number of carbonyl (C=O) groups is 1. The number of methoxy groups -OCH3 is 1. The van der Waals surface area contributed by atoms with E-state index in [2.05, 4.69) is 6.08 Å². The minimum absolute atomic E-state index is 0.130. The van der Waals surface area contributed by atoms with Gasteiger partial charge in [-0.1, -0.05) is 38.2 Å². The first-order chi connectivity index (χ1) is 7.34. The maximum atomic E-state index is 11.4. The van der Waals surface area contributed by atoms with E-state index in [-0.39, 0.29) is 5.97 Å². The average Bonchev–Trinajstić information content (AvgIpc) is 2.32. The van der Waals surface area contributed by atoms with Crippen LogP contribution in [0.15, 0.2) is 11.6 Å². The molecule has 86 valence electrons. The Labute approximate surface area is 92.7 Å². The highest BCUT2D eigenvalue weighted by molar-refractivity contribution is 5.88. The fourth-order valence-corrected chi connectivity index (χ4v) is 2.04. The fourth-order valence-electron chi connectivity index (χ4n) is 2.04. The number of rotatable bonds is 1. The zero-order valence-corrected chi connectivity index (χ0v) is 9.76. The normalized spacial score (nSPS) is 23.4. The van der Waals surface area contributed by atoms with Crippen molar-refractivity contribution in [1.29, 1.82) is 0 Å². The van der Waals surface area contributed by atoms with Crippen LogP contribution in [0.2, 0.25) is 0 Å². The molecule has 0 radical (unpaired) electrons. The van der Waals surface area contributed by atoms with Gasteiger partial charge in [-0.15, -0.1) is 0 Å². The van der Waals surface area contributed by atoms with Crippen molar-refractivity contribution in [3.63, 3.8) is 0 Å². The summed E-state index contributed by atoms with van der Waals surface area (Å²) in [4.78, 5) is 11.4.